The van der Waals surface area contributed by atoms with Crippen LogP contribution >= 0.6 is 0 Å². The molecule has 1 aliphatic rings. The maximum atomic E-state index is 3.04. The molecule has 0 aliphatic heterocycles. The summed E-state index contributed by atoms with van der Waals surface area (Å²) in [5, 5.41) is 0. The summed E-state index contributed by atoms with van der Waals surface area (Å²) < 4.78 is 0. The van der Waals surface area contributed by atoms with Crippen molar-refractivity contribution in [3.63, 3.8) is 0 Å². The average molecular weight is 228 g/mol. The minimum Gasteiger partial charge on any atom is -1.00 e. The van der Waals surface area contributed by atoms with Gasteiger partial charge < -0.3 is 12.4 Å². The van der Waals surface area contributed by atoms with Crippen LogP contribution in [0, 0.1) is 6.42 Å². The van der Waals surface area contributed by atoms with Crippen molar-refractivity contribution in [3.8, 4) is 0 Å². The first-order valence-electron chi connectivity index (χ1n) is 3.32. The van der Waals surface area contributed by atoms with Gasteiger partial charge in [0.1, 0.15) is 0 Å². The second-order valence-corrected chi connectivity index (χ2v) is 2.27. The summed E-state index contributed by atoms with van der Waals surface area (Å²) in [5.74, 6) is 0. The first-order chi connectivity index (χ1) is 4.97. The fourth-order valence-electron chi connectivity index (χ4n) is 1.07. The molecule has 1 aliphatic carbocycles. The summed E-state index contributed by atoms with van der Waals surface area (Å²) in [4.78, 5) is 0. The maximum absolute atomic E-state index is 3.04. The fourth-order valence-corrected chi connectivity index (χ4v) is 1.07. The van der Waals surface area contributed by atoms with Gasteiger partial charge in [0, 0.05) is 25.9 Å². The van der Waals surface area contributed by atoms with Crippen LogP contribution in [0.3, 0.4) is 0 Å². The van der Waals surface area contributed by atoms with Crippen LogP contribution in [-0.2, 0) is 19.5 Å². The largest absolute Gasteiger partial charge is 1.00 e. The van der Waals surface area contributed by atoms with Gasteiger partial charge in [-0.15, -0.1) is 5.73 Å². The van der Waals surface area contributed by atoms with Crippen LogP contribution in [0.1, 0.15) is 11.1 Å². The molecule has 0 saturated carbocycles. The summed E-state index contributed by atoms with van der Waals surface area (Å²) in [6.07, 6.45) is 5.99. The van der Waals surface area contributed by atoms with Gasteiger partial charge in [-0.05, 0) is 23.3 Å². The van der Waals surface area contributed by atoms with E-state index in [1.54, 1.807) is 0 Å². The summed E-state index contributed by atoms with van der Waals surface area (Å²) in [5.41, 5.74) is 5.57. The molecule has 2 heteroatoms. The van der Waals surface area contributed by atoms with Crippen molar-refractivity contribution >= 4 is 6.08 Å². The first-order valence-corrected chi connectivity index (χ1v) is 3.32. The molecule has 0 nitrogen and oxygen atoms in total. The Morgan fingerprint density at radius 3 is 2.33 bits per heavy atom. The number of hydrogen-bond acceptors (Lipinski definition) is 0. The third kappa shape index (κ3) is 2.32. The molecule has 0 heterocycles. The standard InChI is InChI=1S/C10H7.ClH.Zn/c1-2-6-10-8-4-3-7-9(10)5-1;;/h1-3,5-8H;1H;/p-1. The zero-order chi connectivity index (χ0) is 6.81. The Bertz CT molecular complexity index is 311. The molecule has 0 aromatic heterocycles. The summed E-state index contributed by atoms with van der Waals surface area (Å²) in [6.45, 7) is 0. The summed E-state index contributed by atoms with van der Waals surface area (Å²) >= 11 is 0. The van der Waals surface area contributed by atoms with E-state index < -0.39 is 0 Å². The number of rotatable bonds is 0. The minimum absolute atomic E-state index is 0. The van der Waals surface area contributed by atoms with E-state index in [0.717, 1.165) is 0 Å². The van der Waals surface area contributed by atoms with Gasteiger partial charge >= 0.3 is 0 Å². The number of fused-ring (bicyclic) bond motifs is 1. The van der Waals surface area contributed by atoms with Crippen molar-refractivity contribution in [1.29, 1.82) is 0 Å². The monoisotopic (exact) mass is 226 g/mol. The molecule has 0 saturated heterocycles. The SMILES string of the molecule is C1=C[CH]c2ccccc2C=1.[Cl-].[Zn]. The van der Waals surface area contributed by atoms with Crippen molar-refractivity contribution in [3.05, 3.63) is 53.6 Å². The van der Waals surface area contributed by atoms with Crippen LogP contribution in [0.15, 0.2) is 36.1 Å². The molecule has 57 valence electrons. The van der Waals surface area contributed by atoms with Gasteiger partial charge in [0.2, 0.25) is 0 Å². The Morgan fingerprint density at radius 2 is 1.67 bits per heavy atom. The molecule has 0 amide bonds. The molecule has 0 N–H and O–H groups in total. The normalized spacial score (nSPS) is 11.0. The van der Waals surface area contributed by atoms with Crippen LogP contribution in [-0.4, -0.2) is 0 Å². The summed E-state index contributed by atoms with van der Waals surface area (Å²) in [7, 11) is 0. The van der Waals surface area contributed by atoms with Crippen molar-refractivity contribution in [2.45, 2.75) is 0 Å². The topological polar surface area (TPSA) is 0 Å². The van der Waals surface area contributed by atoms with Crippen molar-refractivity contribution in [1.82, 2.24) is 0 Å². The second kappa shape index (κ2) is 5.33. The van der Waals surface area contributed by atoms with E-state index in [-0.39, 0.29) is 31.9 Å². The Labute approximate surface area is 91.5 Å². The second-order valence-electron chi connectivity index (χ2n) is 2.27. The van der Waals surface area contributed by atoms with Gasteiger partial charge in [0.15, 0.2) is 0 Å². The number of benzene rings is 1. The third-order valence-corrected chi connectivity index (χ3v) is 1.59. The third-order valence-electron chi connectivity index (χ3n) is 1.59. The molecule has 0 fully saturated rings. The smallest absolute Gasteiger partial charge is 0.0210 e. The fraction of sp³-hybridized carbons (Fsp3) is 0. The molecular formula is C10H7ClZn-. The van der Waals surface area contributed by atoms with Gasteiger partial charge in [-0.2, -0.15) is 0 Å². The first kappa shape index (κ1) is 11.7. The molecule has 1 aromatic rings. The Hall–Kier alpha value is -0.347. The van der Waals surface area contributed by atoms with Crippen LogP contribution < -0.4 is 12.4 Å². The molecule has 1 radical (unpaired) electrons. The minimum atomic E-state index is 0. The molecule has 0 atom stereocenters. The molecule has 1 aromatic carbocycles. The van der Waals surface area contributed by atoms with Crippen LogP contribution in [0.25, 0.3) is 6.08 Å². The molecule has 2 rings (SSSR count). The summed E-state index contributed by atoms with van der Waals surface area (Å²) in [6, 6.07) is 8.27. The average Bonchev–Trinajstić information content (AvgIpc) is 2.05. The van der Waals surface area contributed by atoms with Crippen molar-refractivity contribution in [2.24, 2.45) is 0 Å². The molecule has 0 spiro atoms. The van der Waals surface area contributed by atoms with Gasteiger partial charge in [-0.1, -0.05) is 24.3 Å². The zero-order valence-corrected chi connectivity index (χ0v) is 10.3. The quantitative estimate of drug-likeness (QED) is 0.411. The van der Waals surface area contributed by atoms with Crippen LogP contribution in [0.5, 0.6) is 0 Å². The Morgan fingerprint density at radius 1 is 1.00 bits per heavy atom. The predicted octanol–water partition coefficient (Wildman–Crippen LogP) is -0.578. The predicted molar refractivity (Wildman–Crippen MR) is 42.4 cm³/mol. The van der Waals surface area contributed by atoms with Crippen molar-refractivity contribution in [2.75, 3.05) is 0 Å². The molecule has 0 unspecified atom stereocenters. The molecule has 0 bridgehead atoms. The van der Waals surface area contributed by atoms with Gasteiger partial charge in [-0.25, -0.2) is 0 Å². The van der Waals surface area contributed by atoms with Gasteiger partial charge in [0.25, 0.3) is 0 Å². The van der Waals surface area contributed by atoms with Crippen molar-refractivity contribution < 1.29 is 31.9 Å². The number of allylic oxidation sites excluding steroid dienone is 1. The Balaban J connectivity index is 0.000000605. The van der Waals surface area contributed by atoms with Crippen LogP contribution in [0.4, 0.5) is 0 Å². The van der Waals surface area contributed by atoms with Crippen LogP contribution in [0.2, 0.25) is 0 Å². The van der Waals surface area contributed by atoms with E-state index in [0.29, 0.717) is 0 Å². The number of halogens is 1. The zero-order valence-electron chi connectivity index (χ0n) is 6.63. The van der Waals surface area contributed by atoms with Gasteiger partial charge in [0.05, 0.1) is 0 Å². The van der Waals surface area contributed by atoms with E-state index in [1.807, 2.05) is 24.3 Å². The maximum Gasteiger partial charge on any atom is 0.0210 e. The van der Waals surface area contributed by atoms with E-state index in [4.69, 9.17) is 0 Å². The Kier molecular flexibility index (Phi) is 5.17. The molecular weight excluding hydrogens is 221 g/mol. The van der Waals surface area contributed by atoms with E-state index >= 15 is 0 Å². The molecule has 12 heavy (non-hydrogen) atoms. The van der Waals surface area contributed by atoms with E-state index in [2.05, 4.69) is 24.3 Å². The van der Waals surface area contributed by atoms with Gasteiger partial charge in [-0.3, -0.25) is 0 Å². The van der Waals surface area contributed by atoms with E-state index in [9.17, 15) is 0 Å². The number of hydrogen-bond donors (Lipinski definition) is 0. The van der Waals surface area contributed by atoms with E-state index in [1.165, 1.54) is 11.1 Å².